The van der Waals surface area contributed by atoms with E-state index in [1.54, 1.807) is 0 Å². The van der Waals surface area contributed by atoms with E-state index in [4.69, 9.17) is 4.98 Å². The van der Waals surface area contributed by atoms with Crippen molar-refractivity contribution in [2.45, 2.75) is 38.5 Å². The van der Waals surface area contributed by atoms with Gasteiger partial charge in [0.15, 0.2) is 0 Å². The van der Waals surface area contributed by atoms with Crippen molar-refractivity contribution >= 4 is 5.91 Å². The Morgan fingerprint density at radius 1 is 0.931 bits per heavy atom. The van der Waals surface area contributed by atoms with Crippen LogP contribution >= 0.6 is 0 Å². The van der Waals surface area contributed by atoms with Gasteiger partial charge in [-0.25, -0.2) is 0 Å². The van der Waals surface area contributed by atoms with E-state index in [9.17, 15) is 4.79 Å². The zero-order valence-corrected chi connectivity index (χ0v) is 17.1. The van der Waals surface area contributed by atoms with Gasteiger partial charge in [0.05, 0.1) is 6.42 Å². The third kappa shape index (κ3) is 4.92. The molecular weight excluding hydrogens is 356 g/mol. The van der Waals surface area contributed by atoms with Gasteiger partial charge in [-0.3, -0.25) is 9.78 Å². The first-order valence-corrected chi connectivity index (χ1v) is 10.5. The molecule has 1 aromatic heterocycles. The Morgan fingerprint density at radius 3 is 2.41 bits per heavy atom. The van der Waals surface area contributed by atoms with E-state index in [2.05, 4.69) is 49.4 Å². The van der Waals surface area contributed by atoms with E-state index in [1.807, 2.05) is 35.2 Å². The third-order valence-electron chi connectivity index (χ3n) is 5.93. The fourth-order valence-electron chi connectivity index (χ4n) is 4.13. The molecule has 3 aromatic rings. The Kier molecular flexibility index (Phi) is 6.04. The molecule has 0 aliphatic carbocycles. The molecule has 4 rings (SSSR count). The average molecular weight is 385 g/mol. The molecule has 0 radical (unpaired) electrons. The number of likely N-dealkylation sites (tertiary alicyclic amines) is 1. The molecule has 1 aliphatic rings. The summed E-state index contributed by atoms with van der Waals surface area (Å²) < 4.78 is 0. The van der Waals surface area contributed by atoms with Crippen molar-refractivity contribution in [1.82, 2.24) is 9.88 Å². The quantitative estimate of drug-likeness (QED) is 0.625. The highest BCUT2D eigenvalue weighted by atomic mass is 16.2. The van der Waals surface area contributed by atoms with Gasteiger partial charge in [0, 0.05) is 36.8 Å². The summed E-state index contributed by atoms with van der Waals surface area (Å²) in [6.07, 6.45) is 3.34. The number of nitrogens with zero attached hydrogens (tertiary/aromatic N) is 2. The van der Waals surface area contributed by atoms with Crippen LogP contribution in [0.3, 0.4) is 0 Å². The molecule has 0 saturated carbocycles. The lowest BCUT2D eigenvalue weighted by Crippen LogP contribution is -2.38. The van der Waals surface area contributed by atoms with Gasteiger partial charge in [-0.15, -0.1) is 0 Å². The van der Waals surface area contributed by atoms with E-state index in [0.29, 0.717) is 12.3 Å². The summed E-state index contributed by atoms with van der Waals surface area (Å²) in [4.78, 5) is 19.6. The van der Waals surface area contributed by atoms with Crippen molar-refractivity contribution in [2.75, 3.05) is 13.1 Å². The Morgan fingerprint density at radius 2 is 1.66 bits per heavy atom. The predicted octanol–water partition coefficient (Wildman–Crippen LogP) is 4.93. The molecule has 1 fully saturated rings. The van der Waals surface area contributed by atoms with Gasteiger partial charge in [-0.2, -0.15) is 0 Å². The zero-order chi connectivity index (χ0) is 20.1. The number of carbonyl (C=O) groups is 1. The highest BCUT2D eigenvalue weighted by molar-refractivity contribution is 5.78. The van der Waals surface area contributed by atoms with E-state index < -0.39 is 0 Å². The summed E-state index contributed by atoms with van der Waals surface area (Å²) in [5, 5.41) is 0. The van der Waals surface area contributed by atoms with Crippen molar-refractivity contribution in [2.24, 2.45) is 0 Å². The number of aromatic nitrogens is 1. The second-order valence-corrected chi connectivity index (χ2v) is 7.97. The molecule has 1 saturated heterocycles. The Balaban J connectivity index is 1.36. The first-order chi connectivity index (χ1) is 14.2. The number of carbonyl (C=O) groups excluding carboxylic acids is 1. The summed E-state index contributed by atoms with van der Waals surface area (Å²) in [7, 11) is 0. The van der Waals surface area contributed by atoms with Gasteiger partial charge in [0.1, 0.15) is 0 Å². The molecule has 148 valence electrons. The zero-order valence-electron chi connectivity index (χ0n) is 17.1. The minimum absolute atomic E-state index is 0.232. The van der Waals surface area contributed by atoms with Crippen LogP contribution in [0.4, 0.5) is 0 Å². The van der Waals surface area contributed by atoms with E-state index >= 15 is 0 Å². The van der Waals surface area contributed by atoms with Gasteiger partial charge in [0.2, 0.25) is 5.91 Å². The summed E-state index contributed by atoms with van der Waals surface area (Å²) in [6, 6.07) is 24.9. The number of pyridine rings is 1. The van der Waals surface area contributed by atoms with Crippen LogP contribution < -0.4 is 0 Å². The number of amides is 1. The largest absolute Gasteiger partial charge is 0.342 e. The Bertz CT molecular complexity index is 959. The molecule has 1 amide bonds. The Hall–Kier alpha value is -2.94. The highest BCUT2D eigenvalue weighted by Crippen LogP contribution is 2.27. The maximum Gasteiger partial charge on any atom is 0.226 e. The first-order valence-electron chi connectivity index (χ1n) is 10.5. The van der Waals surface area contributed by atoms with Crippen LogP contribution in [0.2, 0.25) is 0 Å². The van der Waals surface area contributed by atoms with E-state index in [-0.39, 0.29) is 5.91 Å². The molecule has 0 unspecified atom stereocenters. The van der Waals surface area contributed by atoms with Crippen LogP contribution in [0.5, 0.6) is 0 Å². The van der Waals surface area contributed by atoms with Crippen LogP contribution in [-0.4, -0.2) is 28.9 Å². The summed E-state index contributed by atoms with van der Waals surface area (Å²) in [5.74, 6) is 0.670. The van der Waals surface area contributed by atoms with Crippen molar-refractivity contribution in [3.05, 3.63) is 101 Å². The molecule has 29 heavy (non-hydrogen) atoms. The van der Waals surface area contributed by atoms with Crippen LogP contribution in [0.25, 0.3) is 0 Å². The lowest BCUT2D eigenvalue weighted by atomic mass is 9.92. The molecular formula is C26H28N2O. The van der Waals surface area contributed by atoms with Crippen molar-refractivity contribution in [3.8, 4) is 0 Å². The topological polar surface area (TPSA) is 33.2 Å². The van der Waals surface area contributed by atoms with Gasteiger partial charge < -0.3 is 4.90 Å². The normalized spacial score (nSPS) is 14.7. The predicted molar refractivity (Wildman–Crippen MR) is 117 cm³/mol. The molecule has 2 heterocycles. The fourth-order valence-corrected chi connectivity index (χ4v) is 4.13. The van der Waals surface area contributed by atoms with E-state index in [1.165, 1.54) is 16.8 Å². The molecule has 0 atom stereocenters. The maximum atomic E-state index is 12.6. The minimum Gasteiger partial charge on any atom is -0.342 e. The molecule has 2 aromatic carbocycles. The number of piperidine rings is 1. The van der Waals surface area contributed by atoms with Crippen molar-refractivity contribution < 1.29 is 4.79 Å². The monoisotopic (exact) mass is 384 g/mol. The number of rotatable bonds is 5. The lowest BCUT2D eigenvalue weighted by Gasteiger charge is -2.32. The minimum atomic E-state index is 0.232. The molecule has 0 bridgehead atoms. The first kappa shape index (κ1) is 19.4. The summed E-state index contributed by atoms with van der Waals surface area (Å²) in [6.45, 7) is 3.79. The number of hydrogen-bond acceptors (Lipinski definition) is 2. The summed E-state index contributed by atoms with van der Waals surface area (Å²) >= 11 is 0. The molecule has 3 heteroatoms. The van der Waals surface area contributed by atoms with Gasteiger partial charge in [-0.05, 0) is 48.6 Å². The van der Waals surface area contributed by atoms with Crippen LogP contribution in [-0.2, 0) is 17.6 Å². The highest BCUT2D eigenvalue weighted by Gasteiger charge is 2.24. The average Bonchev–Trinajstić information content (AvgIpc) is 2.76. The van der Waals surface area contributed by atoms with Crippen LogP contribution in [0.1, 0.15) is 46.8 Å². The standard InChI is InChI=1S/C26H28N2O/c1-20-8-5-6-11-23(20)19-24-12-7-13-25(27-24)22-14-16-28(17-15-22)26(29)18-21-9-3-2-4-10-21/h2-13,22H,14-19H2,1H3. The Labute approximate surface area is 173 Å². The lowest BCUT2D eigenvalue weighted by molar-refractivity contribution is -0.131. The number of hydrogen-bond donors (Lipinski definition) is 0. The number of aryl methyl sites for hydroxylation is 1. The second-order valence-electron chi connectivity index (χ2n) is 7.97. The smallest absolute Gasteiger partial charge is 0.226 e. The maximum absolute atomic E-state index is 12.6. The molecule has 0 spiro atoms. The molecule has 0 N–H and O–H groups in total. The fraction of sp³-hybridized carbons (Fsp3) is 0.308. The van der Waals surface area contributed by atoms with Gasteiger partial charge in [-0.1, -0.05) is 60.7 Å². The number of benzene rings is 2. The second kappa shape index (κ2) is 9.04. The van der Waals surface area contributed by atoms with Gasteiger partial charge >= 0.3 is 0 Å². The van der Waals surface area contributed by atoms with Crippen molar-refractivity contribution in [1.29, 1.82) is 0 Å². The molecule has 1 aliphatic heterocycles. The van der Waals surface area contributed by atoms with Crippen LogP contribution in [0.15, 0.2) is 72.8 Å². The molecule has 3 nitrogen and oxygen atoms in total. The van der Waals surface area contributed by atoms with E-state index in [0.717, 1.165) is 43.6 Å². The van der Waals surface area contributed by atoms with Gasteiger partial charge in [0.25, 0.3) is 0 Å². The SMILES string of the molecule is Cc1ccccc1Cc1cccc(C2CCN(C(=O)Cc3ccccc3)CC2)n1. The third-order valence-corrected chi connectivity index (χ3v) is 5.93. The summed E-state index contributed by atoms with van der Waals surface area (Å²) in [5.41, 5.74) is 6.03. The van der Waals surface area contributed by atoms with Crippen LogP contribution in [0, 0.1) is 6.92 Å². The van der Waals surface area contributed by atoms with Crippen molar-refractivity contribution in [3.63, 3.8) is 0 Å².